The number of carbonyl (C=O) groups is 1. The number of rotatable bonds is 7. The summed E-state index contributed by atoms with van der Waals surface area (Å²) < 4.78 is 12.9. The fourth-order valence-corrected chi connectivity index (χ4v) is 2.53. The average Bonchev–Trinajstić information content (AvgIpc) is 3.23. The van der Waals surface area contributed by atoms with Crippen molar-refractivity contribution in [1.82, 2.24) is 15.0 Å². The number of methoxy groups -OCH3 is 1. The van der Waals surface area contributed by atoms with E-state index in [4.69, 9.17) is 9.47 Å². The van der Waals surface area contributed by atoms with Gasteiger partial charge in [-0.05, 0) is 49.7 Å². The van der Waals surface area contributed by atoms with E-state index >= 15 is 0 Å². The Hall–Kier alpha value is -3.61. The van der Waals surface area contributed by atoms with Crippen molar-refractivity contribution in [1.29, 1.82) is 0 Å². The van der Waals surface area contributed by atoms with Crippen molar-refractivity contribution in [2.75, 3.05) is 7.11 Å². The minimum absolute atomic E-state index is 0.0124. The molecule has 0 spiro atoms. The fraction of sp³-hybridized carbons (Fsp3) is 0.190. The van der Waals surface area contributed by atoms with Gasteiger partial charge in [0.05, 0.1) is 25.8 Å². The zero-order valence-electron chi connectivity index (χ0n) is 16.0. The Balaban J connectivity index is 1.63. The molecule has 2 aromatic carbocycles. The molecule has 1 heterocycles. The van der Waals surface area contributed by atoms with Gasteiger partial charge in [0.2, 0.25) is 0 Å². The van der Waals surface area contributed by atoms with Crippen LogP contribution in [0.2, 0.25) is 0 Å². The number of benzene rings is 2. The summed E-state index contributed by atoms with van der Waals surface area (Å²) in [5.74, 6) is 0.761. The molecule has 0 radical (unpaired) electrons. The van der Waals surface area contributed by atoms with E-state index in [2.05, 4.69) is 15.5 Å². The van der Waals surface area contributed by atoms with E-state index in [1.807, 2.05) is 48.9 Å². The Morgan fingerprint density at radius 3 is 2.61 bits per heavy atom. The molecule has 0 aliphatic heterocycles. The van der Waals surface area contributed by atoms with Crippen molar-refractivity contribution in [2.45, 2.75) is 20.0 Å². The lowest BCUT2D eigenvalue weighted by molar-refractivity contribution is 0.0954. The van der Waals surface area contributed by atoms with Crippen molar-refractivity contribution in [2.24, 2.45) is 5.10 Å². The highest BCUT2D eigenvalue weighted by molar-refractivity contribution is 5.95. The lowest BCUT2D eigenvalue weighted by atomic mass is 10.2. The summed E-state index contributed by atoms with van der Waals surface area (Å²) >= 11 is 0. The molecule has 3 rings (SSSR count). The number of nitrogens with zero attached hydrogens (tertiary/aromatic N) is 3. The third-order valence-electron chi connectivity index (χ3n) is 3.86. The van der Waals surface area contributed by atoms with Gasteiger partial charge in [-0.3, -0.25) is 4.79 Å². The largest absolute Gasteiger partial charge is 0.493 e. The number of hydrogen-bond donors (Lipinski definition) is 1. The van der Waals surface area contributed by atoms with E-state index in [9.17, 15) is 4.79 Å². The van der Waals surface area contributed by atoms with Crippen LogP contribution in [-0.2, 0) is 0 Å². The van der Waals surface area contributed by atoms with Gasteiger partial charge in [0, 0.05) is 23.6 Å². The van der Waals surface area contributed by atoms with E-state index in [0.29, 0.717) is 17.1 Å². The number of hydrazone groups is 1. The molecule has 0 aliphatic carbocycles. The van der Waals surface area contributed by atoms with Crippen LogP contribution in [0.15, 0.2) is 66.3 Å². The quantitative estimate of drug-likeness (QED) is 0.505. The molecular weight excluding hydrogens is 356 g/mol. The molecular formula is C21H22N4O3. The monoisotopic (exact) mass is 378 g/mol. The summed E-state index contributed by atoms with van der Waals surface area (Å²) in [6.45, 7) is 3.85. The summed E-state index contributed by atoms with van der Waals surface area (Å²) in [5, 5.41) is 4.02. The first-order chi connectivity index (χ1) is 13.6. The molecule has 144 valence electrons. The van der Waals surface area contributed by atoms with E-state index in [1.54, 1.807) is 36.9 Å². The molecule has 3 aromatic rings. The Bertz CT molecular complexity index is 948. The number of imidazole rings is 1. The number of aromatic nitrogens is 2. The van der Waals surface area contributed by atoms with Gasteiger partial charge < -0.3 is 14.0 Å². The first-order valence-corrected chi connectivity index (χ1v) is 8.83. The van der Waals surface area contributed by atoms with Crippen molar-refractivity contribution < 1.29 is 14.3 Å². The molecule has 0 atom stereocenters. The average molecular weight is 378 g/mol. The van der Waals surface area contributed by atoms with Crippen LogP contribution in [0, 0.1) is 0 Å². The van der Waals surface area contributed by atoms with Gasteiger partial charge in [0.1, 0.15) is 0 Å². The van der Waals surface area contributed by atoms with E-state index in [1.165, 1.54) is 7.11 Å². The van der Waals surface area contributed by atoms with Crippen molar-refractivity contribution in [3.05, 3.63) is 72.3 Å². The maximum absolute atomic E-state index is 12.3. The number of nitrogens with one attached hydrogen (secondary N) is 1. The normalized spacial score (nSPS) is 11.0. The van der Waals surface area contributed by atoms with Gasteiger partial charge in [-0.2, -0.15) is 5.10 Å². The van der Waals surface area contributed by atoms with Gasteiger partial charge in [0.25, 0.3) is 5.91 Å². The number of carbonyl (C=O) groups excluding carboxylic acids is 1. The van der Waals surface area contributed by atoms with Crippen LogP contribution in [0.5, 0.6) is 11.5 Å². The molecule has 1 amide bonds. The van der Waals surface area contributed by atoms with Crippen LogP contribution in [0.1, 0.15) is 29.8 Å². The predicted molar refractivity (Wildman–Crippen MR) is 107 cm³/mol. The molecule has 0 saturated carbocycles. The van der Waals surface area contributed by atoms with Crippen molar-refractivity contribution in [3.63, 3.8) is 0 Å². The first kappa shape index (κ1) is 19.2. The summed E-state index contributed by atoms with van der Waals surface area (Å²) in [7, 11) is 1.54. The SMILES string of the molecule is COc1cc(C(=O)N/N=C/c2ccc(-n3ccnc3)cc2)ccc1OC(C)C. The molecule has 0 bridgehead atoms. The van der Waals surface area contributed by atoms with Gasteiger partial charge >= 0.3 is 0 Å². The van der Waals surface area contributed by atoms with Gasteiger partial charge in [0.15, 0.2) is 11.5 Å². The third kappa shape index (κ3) is 4.76. The number of amides is 1. The highest BCUT2D eigenvalue weighted by atomic mass is 16.5. The molecule has 0 aliphatic rings. The maximum Gasteiger partial charge on any atom is 0.271 e. The molecule has 0 saturated heterocycles. The topological polar surface area (TPSA) is 77.7 Å². The summed E-state index contributed by atoms with van der Waals surface area (Å²) in [6.07, 6.45) is 6.92. The molecule has 1 N–H and O–H groups in total. The van der Waals surface area contributed by atoms with Crippen LogP contribution < -0.4 is 14.9 Å². The van der Waals surface area contributed by atoms with Crippen molar-refractivity contribution in [3.8, 4) is 17.2 Å². The zero-order valence-corrected chi connectivity index (χ0v) is 16.0. The van der Waals surface area contributed by atoms with Gasteiger partial charge in [-0.1, -0.05) is 12.1 Å². The zero-order chi connectivity index (χ0) is 19.9. The maximum atomic E-state index is 12.3. The standard InChI is InChI=1S/C21H22N4O3/c1-15(2)28-19-9-6-17(12-20(19)27-3)21(26)24-23-13-16-4-7-18(8-5-16)25-11-10-22-14-25/h4-15H,1-3H3,(H,24,26)/b23-13+. The molecule has 7 heteroatoms. The lowest BCUT2D eigenvalue weighted by Gasteiger charge is -2.14. The second kappa shape index (κ2) is 8.85. The minimum Gasteiger partial charge on any atom is -0.493 e. The highest BCUT2D eigenvalue weighted by Gasteiger charge is 2.11. The smallest absolute Gasteiger partial charge is 0.271 e. The molecule has 28 heavy (non-hydrogen) atoms. The van der Waals surface area contributed by atoms with Crippen molar-refractivity contribution >= 4 is 12.1 Å². The van der Waals surface area contributed by atoms with Crippen LogP contribution in [0.4, 0.5) is 0 Å². The van der Waals surface area contributed by atoms with Gasteiger partial charge in [-0.15, -0.1) is 0 Å². The minimum atomic E-state index is -0.333. The summed E-state index contributed by atoms with van der Waals surface area (Å²) in [6, 6.07) is 12.7. The number of hydrogen-bond acceptors (Lipinski definition) is 5. The molecule has 0 fully saturated rings. The van der Waals surface area contributed by atoms with Crippen LogP contribution in [-0.4, -0.2) is 34.9 Å². The number of ether oxygens (including phenoxy) is 2. The van der Waals surface area contributed by atoms with Crippen LogP contribution >= 0.6 is 0 Å². The summed E-state index contributed by atoms with van der Waals surface area (Å²) in [4.78, 5) is 16.3. The summed E-state index contributed by atoms with van der Waals surface area (Å²) in [5.41, 5.74) is 4.81. The molecule has 7 nitrogen and oxygen atoms in total. The Kier molecular flexibility index (Phi) is 6.06. The highest BCUT2D eigenvalue weighted by Crippen LogP contribution is 2.28. The lowest BCUT2D eigenvalue weighted by Crippen LogP contribution is -2.18. The first-order valence-electron chi connectivity index (χ1n) is 8.83. The Morgan fingerprint density at radius 2 is 1.96 bits per heavy atom. The fourth-order valence-electron chi connectivity index (χ4n) is 2.53. The Labute approximate surface area is 163 Å². The second-order valence-corrected chi connectivity index (χ2v) is 6.29. The van der Waals surface area contributed by atoms with Crippen LogP contribution in [0.25, 0.3) is 5.69 Å². The third-order valence-corrected chi connectivity index (χ3v) is 3.86. The van der Waals surface area contributed by atoms with E-state index in [0.717, 1.165) is 11.3 Å². The Morgan fingerprint density at radius 1 is 1.18 bits per heavy atom. The predicted octanol–water partition coefficient (Wildman–Crippen LogP) is 3.43. The van der Waals surface area contributed by atoms with E-state index < -0.39 is 0 Å². The molecule has 0 unspecified atom stereocenters. The van der Waals surface area contributed by atoms with E-state index in [-0.39, 0.29) is 12.0 Å². The van der Waals surface area contributed by atoms with Crippen LogP contribution in [0.3, 0.4) is 0 Å². The van der Waals surface area contributed by atoms with Gasteiger partial charge in [-0.25, -0.2) is 10.4 Å². The molecule has 1 aromatic heterocycles. The second-order valence-electron chi connectivity index (χ2n) is 6.29.